The number of benzene rings is 2. The fourth-order valence-corrected chi connectivity index (χ4v) is 4.90. The number of amides is 1. The number of hydrogen-bond acceptors (Lipinski definition) is 4. The summed E-state index contributed by atoms with van der Waals surface area (Å²) in [5, 5.41) is 0.0725. The summed E-state index contributed by atoms with van der Waals surface area (Å²) < 4.78 is 33.5. The maximum absolute atomic E-state index is 12.8. The number of carbonyl (C=O) groups excluding carboxylic acids is 1. The van der Waals surface area contributed by atoms with E-state index in [1.807, 2.05) is 6.92 Å². The lowest BCUT2D eigenvalue weighted by Gasteiger charge is -2.17. The molecule has 28 heavy (non-hydrogen) atoms. The molecule has 2 aromatic rings. The smallest absolute Gasteiger partial charge is 0.263 e. The third-order valence-corrected chi connectivity index (χ3v) is 6.51. The summed E-state index contributed by atoms with van der Waals surface area (Å²) in [5.41, 5.74) is 0.474. The number of sulfonamides is 1. The van der Waals surface area contributed by atoms with Crippen molar-refractivity contribution >= 4 is 44.8 Å². The summed E-state index contributed by atoms with van der Waals surface area (Å²) in [7, 11) is -4.02. The molecule has 0 radical (unpaired) electrons. The molecule has 0 saturated carbocycles. The van der Waals surface area contributed by atoms with Crippen LogP contribution in [0, 0.1) is 0 Å². The highest BCUT2D eigenvalue weighted by Crippen LogP contribution is 2.31. The van der Waals surface area contributed by atoms with Crippen LogP contribution in [0.5, 0.6) is 5.75 Å². The van der Waals surface area contributed by atoms with Gasteiger partial charge in [-0.1, -0.05) is 23.2 Å². The van der Waals surface area contributed by atoms with Crippen LogP contribution >= 0.6 is 23.2 Å². The van der Waals surface area contributed by atoms with Crippen molar-refractivity contribution in [3.63, 3.8) is 0 Å². The highest BCUT2D eigenvalue weighted by Gasteiger charge is 2.26. The Balaban J connectivity index is 1.90. The van der Waals surface area contributed by atoms with E-state index >= 15 is 0 Å². The van der Waals surface area contributed by atoms with Crippen molar-refractivity contribution in [1.29, 1.82) is 0 Å². The van der Waals surface area contributed by atoms with Crippen molar-refractivity contribution in [3.8, 4) is 5.75 Å². The van der Waals surface area contributed by atoms with E-state index in [0.717, 1.165) is 12.8 Å². The summed E-state index contributed by atoms with van der Waals surface area (Å²) in [4.78, 5) is 14.1. The number of rotatable bonds is 6. The van der Waals surface area contributed by atoms with Crippen LogP contribution in [0.3, 0.4) is 0 Å². The second kappa shape index (κ2) is 8.59. The van der Waals surface area contributed by atoms with Crippen LogP contribution in [-0.2, 0) is 10.0 Å². The van der Waals surface area contributed by atoms with Crippen molar-refractivity contribution in [3.05, 3.63) is 52.0 Å². The second-order valence-electron chi connectivity index (χ2n) is 6.32. The minimum atomic E-state index is -4.02. The molecule has 1 aliphatic rings. The Labute approximate surface area is 174 Å². The number of halogens is 2. The van der Waals surface area contributed by atoms with E-state index in [-0.39, 0.29) is 26.4 Å². The highest BCUT2D eigenvalue weighted by molar-refractivity contribution is 7.92. The summed E-state index contributed by atoms with van der Waals surface area (Å²) in [6.45, 7) is 3.63. The quantitative estimate of drug-likeness (QED) is 0.717. The number of hydrogen-bond donors (Lipinski definition) is 1. The molecule has 1 heterocycles. The molecule has 0 aromatic heterocycles. The molecule has 150 valence electrons. The number of likely N-dealkylation sites (tertiary alicyclic amines) is 1. The molecule has 0 bridgehead atoms. The molecule has 0 unspecified atom stereocenters. The Bertz CT molecular complexity index is 972. The van der Waals surface area contributed by atoms with Gasteiger partial charge in [-0.3, -0.25) is 9.52 Å². The molecule has 0 spiro atoms. The van der Waals surface area contributed by atoms with E-state index in [9.17, 15) is 13.2 Å². The minimum absolute atomic E-state index is 0.0543. The van der Waals surface area contributed by atoms with Gasteiger partial charge >= 0.3 is 0 Å². The largest absolute Gasteiger partial charge is 0.494 e. The molecule has 9 heteroatoms. The van der Waals surface area contributed by atoms with Gasteiger partial charge in [0.25, 0.3) is 15.9 Å². The third-order valence-electron chi connectivity index (χ3n) is 4.35. The third kappa shape index (κ3) is 4.54. The molecular formula is C19H20Cl2N2O4S. The lowest BCUT2D eigenvalue weighted by molar-refractivity contribution is 0.0792. The second-order valence-corrected chi connectivity index (χ2v) is 8.79. The van der Waals surface area contributed by atoms with Crippen molar-refractivity contribution in [1.82, 2.24) is 4.90 Å². The maximum Gasteiger partial charge on any atom is 0.263 e. The van der Waals surface area contributed by atoms with Crippen LogP contribution in [0.1, 0.15) is 30.1 Å². The Kier molecular flexibility index (Phi) is 6.37. The molecule has 3 rings (SSSR count). The summed E-state index contributed by atoms with van der Waals surface area (Å²) in [6, 6.07) is 9.02. The van der Waals surface area contributed by atoms with Gasteiger partial charge in [0.1, 0.15) is 10.6 Å². The zero-order valence-electron chi connectivity index (χ0n) is 15.2. The first-order valence-electron chi connectivity index (χ1n) is 8.86. The van der Waals surface area contributed by atoms with E-state index in [1.165, 1.54) is 12.1 Å². The Morgan fingerprint density at radius 1 is 1.11 bits per heavy atom. The Hall–Kier alpha value is -1.96. The Morgan fingerprint density at radius 2 is 1.75 bits per heavy atom. The number of ether oxygens (including phenoxy) is 1. The van der Waals surface area contributed by atoms with Crippen LogP contribution in [0.4, 0.5) is 5.69 Å². The zero-order chi connectivity index (χ0) is 20.3. The fraction of sp³-hybridized carbons (Fsp3) is 0.316. The predicted octanol–water partition coefficient (Wildman–Crippen LogP) is 4.43. The average Bonchev–Trinajstić information content (AvgIpc) is 3.17. The summed E-state index contributed by atoms with van der Waals surface area (Å²) >= 11 is 12.3. The monoisotopic (exact) mass is 442 g/mol. The SMILES string of the molecule is CCOc1ccc(NS(=O)(=O)c2cc(C(=O)N3CCCC3)c(Cl)cc2Cl)cc1. The molecule has 1 N–H and O–H groups in total. The first-order valence-corrected chi connectivity index (χ1v) is 11.1. The fourth-order valence-electron chi connectivity index (χ4n) is 2.99. The number of nitrogens with zero attached hydrogens (tertiary/aromatic N) is 1. The molecule has 0 aliphatic carbocycles. The molecule has 1 aliphatic heterocycles. The molecule has 6 nitrogen and oxygen atoms in total. The topological polar surface area (TPSA) is 75.7 Å². The van der Waals surface area contributed by atoms with E-state index in [2.05, 4.69) is 4.72 Å². The van der Waals surface area contributed by atoms with E-state index in [0.29, 0.717) is 31.1 Å². The van der Waals surface area contributed by atoms with E-state index < -0.39 is 10.0 Å². The molecule has 0 atom stereocenters. The van der Waals surface area contributed by atoms with Crippen LogP contribution in [0.25, 0.3) is 0 Å². The van der Waals surface area contributed by atoms with Crippen LogP contribution < -0.4 is 9.46 Å². The Morgan fingerprint density at radius 3 is 2.36 bits per heavy atom. The van der Waals surface area contributed by atoms with Gasteiger partial charge in [-0.15, -0.1) is 0 Å². The average molecular weight is 443 g/mol. The van der Waals surface area contributed by atoms with Gasteiger partial charge in [-0.2, -0.15) is 0 Å². The first-order chi connectivity index (χ1) is 13.3. The highest BCUT2D eigenvalue weighted by atomic mass is 35.5. The van der Waals surface area contributed by atoms with Gasteiger partial charge in [0.05, 0.1) is 22.2 Å². The van der Waals surface area contributed by atoms with Gasteiger partial charge in [0.2, 0.25) is 0 Å². The maximum atomic E-state index is 12.8. The van der Waals surface area contributed by atoms with Gasteiger partial charge in [-0.05, 0) is 56.2 Å². The molecule has 1 saturated heterocycles. The number of carbonyl (C=O) groups is 1. The van der Waals surface area contributed by atoms with Gasteiger partial charge < -0.3 is 9.64 Å². The van der Waals surface area contributed by atoms with Crippen LogP contribution in [-0.4, -0.2) is 38.9 Å². The minimum Gasteiger partial charge on any atom is -0.494 e. The number of anilines is 1. The lowest BCUT2D eigenvalue weighted by atomic mass is 10.2. The van der Waals surface area contributed by atoms with Crippen LogP contribution in [0.15, 0.2) is 41.3 Å². The van der Waals surface area contributed by atoms with Crippen molar-refractivity contribution in [2.75, 3.05) is 24.4 Å². The van der Waals surface area contributed by atoms with Gasteiger partial charge in [0, 0.05) is 18.8 Å². The van der Waals surface area contributed by atoms with E-state index in [4.69, 9.17) is 27.9 Å². The lowest BCUT2D eigenvalue weighted by Crippen LogP contribution is -2.28. The molecular weight excluding hydrogens is 423 g/mol. The summed E-state index contributed by atoms with van der Waals surface area (Å²) in [6.07, 6.45) is 1.84. The van der Waals surface area contributed by atoms with Gasteiger partial charge in [-0.25, -0.2) is 8.42 Å². The zero-order valence-corrected chi connectivity index (χ0v) is 17.6. The predicted molar refractivity (Wildman–Crippen MR) is 110 cm³/mol. The molecule has 2 aromatic carbocycles. The van der Waals surface area contributed by atoms with Crippen LogP contribution in [0.2, 0.25) is 10.0 Å². The van der Waals surface area contributed by atoms with E-state index in [1.54, 1.807) is 29.2 Å². The van der Waals surface area contributed by atoms with Gasteiger partial charge in [0.15, 0.2) is 0 Å². The van der Waals surface area contributed by atoms with Crippen molar-refractivity contribution in [2.24, 2.45) is 0 Å². The number of nitrogens with one attached hydrogen (secondary N) is 1. The van der Waals surface area contributed by atoms with Crippen molar-refractivity contribution < 1.29 is 17.9 Å². The summed E-state index contributed by atoms with van der Waals surface area (Å²) in [5.74, 6) is 0.338. The standard InChI is InChI=1S/C19H20Cl2N2O4S/c1-2-27-14-7-5-13(6-8-14)22-28(25,26)18-11-15(16(20)12-17(18)21)19(24)23-9-3-4-10-23/h5-8,11-12,22H,2-4,9-10H2,1H3. The molecule has 1 amide bonds. The normalized spacial score (nSPS) is 14.2. The first kappa shape index (κ1) is 20.8. The van der Waals surface area contributed by atoms with Crippen molar-refractivity contribution in [2.45, 2.75) is 24.7 Å². The molecule has 1 fully saturated rings.